The smallest absolute Gasteiger partial charge is 0.253 e. The lowest BCUT2D eigenvalue weighted by Gasteiger charge is -2.34. The molecule has 3 heterocycles. The first kappa shape index (κ1) is 23.1. The molecule has 0 unspecified atom stereocenters. The monoisotopic (exact) mass is 458 g/mol. The fourth-order valence-corrected chi connectivity index (χ4v) is 5.62. The number of nitrogens with zero attached hydrogens (tertiary/aromatic N) is 3. The molecule has 2 aliphatic rings. The predicted octanol–water partition coefficient (Wildman–Crippen LogP) is 4.35. The molecule has 1 saturated heterocycles. The minimum Gasteiger partial charge on any atom is -0.352 e. The fraction of sp³-hybridized carbons (Fsp3) is 0.483. The molecule has 0 atom stereocenters. The van der Waals surface area contributed by atoms with E-state index in [1.54, 1.807) is 0 Å². The molecule has 5 nitrogen and oxygen atoms in total. The van der Waals surface area contributed by atoms with Crippen LogP contribution in [0.3, 0.4) is 0 Å². The van der Waals surface area contributed by atoms with Crippen molar-refractivity contribution >= 4 is 16.8 Å². The van der Waals surface area contributed by atoms with Crippen molar-refractivity contribution in [3.05, 3.63) is 71.4 Å². The number of aromatic nitrogens is 1. The van der Waals surface area contributed by atoms with Crippen LogP contribution in [0, 0.1) is 0 Å². The number of benzene rings is 2. The highest BCUT2D eigenvalue weighted by Crippen LogP contribution is 2.29. The van der Waals surface area contributed by atoms with Gasteiger partial charge in [0, 0.05) is 62.4 Å². The molecule has 180 valence electrons. The molecule has 0 spiro atoms. The van der Waals surface area contributed by atoms with Crippen molar-refractivity contribution < 1.29 is 4.79 Å². The van der Waals surface area contributed by atoms with E-state index in [4.69, 9.17) is 0 Å². The number of para-hydroxylation sites is 1. The Kier molecular flexibility index (Phi) is 7.62. The van der Waals surface area contributed by atoms with Gasteiger partial charge in [0.25, 0.3) is 5.91 Å². The third-order valence-electron chi connectivity index (χ3n) is 7.56. The number of amides is 1. The molecular weight excluding hydrogens is 420 g/mol. The maximum atomic E-state index is 12.7. The number of hydrogen-bond acceptors (Lipinski definition) is 3. The van der Waals surface area contributed by atoms with Gasteiger partial charge in [-0.2, -0.15) is 0 Å². The van der Waals surface area contributed by atoms with Crippen molar-refractivity contribution in [2.75, 3.05) is 45.8 Å². The van der Waals surface area contributed by atoms with E-state index in [9.17, 15) is 4.79 Å². The molecule has 5 rings (SSSR count). The van der Waals surface area contributed by atoms with Crippen LogP contribution in [-0.2, 0) is 19.4 Å². The van der Waals surface area contributed by atoms with Crippen molar-refractivity contribution in [3.63, 3.8) is 0 Å². The molecule has 2 aliphatic heterocycles. The Hall–Kier alpha value is -2.63. The van der Waals surface area contributed by atoms with Crippen LogP contribution in [0.1, 0.15) is 47.3 Å². The summed E-state index contributed by atoms with van der Waals surface area (Å²) in [6.45, 7) is 8.94. The van der Waals surface area contributed by atoms with Crippen LogP contribution in [0.4, 0.5) is 0 Å². The highest BCUT2D eigenvalue weighted by Gasteiger charge is 2.24. The van der Waals surface area contributed by atoms with Gasteiger partial charge in [-0.3, -0.25) is 4.79 Å². The van der Waals surface area contributed by atoms with E-state index >= 15 is 0 Å². The van der Waals surface area contributed by atoms with E-state index in [0.29, 0.717) is 0 Å². The van der Waals surface area contributed by atoms with Gasteiger partial charge >= 0.3 is 0 Å². The number of aryl methyl sites for hydroxylation is 1. The number of unbranched alkanes of at least 4 members (excludes halogenated alkanes) is 2. The Bertz CT molecular complexity index is 1080. The number of hydrogen-bond donors (Lipinski definition) is 1. The van der Waals surface area contributed by atoms with Crippen LogP contribution in [0.15, 0.2) is 54.6 Å². The number of piperazine rings is 1. The summed E-state index contributed by atoms with van der Waals surface area (Å²) in [5.74, 6) is 0.102. The van der Waals surface area contributed by atoms with Crippen molar-refractivity contribution in [2.24, 2.45) is 0 Å². The zero-order chi connectivity index (χ0) is 23.2. The highest BCUT2D eigenvalue weighted by molar-refractivity contribution is 6.08. The van der Waals surface area contributed by atoms with E-state index in [0.717, 1.165) is 43.3 Å². The summed E-state index contributed by atoms with van der Waals surface area (Å²) in [6, 6.07) is 19.3. The molecule has 1 fully saturated rings. The van der Waals surface area contributed by atoms with Gasteiger partial charge in [0.15, 0.2) is 0 Å². The van der Waals surface area contributed by atoms with E-state index in [2.05, 4.69) is 68.2 Å². The lowest BCUT2D eigenvalue weighted by Crippen LogP contribution is -2.47. The van der Waals surface area contributed by atoms with Gasteiger partial charge in [-0.05, 0) is 50.3 Å². The summed E-state index contributed by atoms with van der Waals surface area (Å²) in [5, 5.41) is 4.19. The SMILES string of the molecule is O=C1NCCCc2c1c1ccccc1n2CCCCCN1CCN(CCc2ccccc2)CC1. The van der Waals surface area contributed by atoms with Crippen LogP contribution in [-0.4, -0.2) is 66.1 Å². The van der Waals surface area contributed by atoms with Gasteiger partial charge in [-0.1, -0.05) is 55.0 Å². The number of fused-ring (bicyclic) bond motifs is 3. The third kappa shape index (κ3) is 5.37. The van der Waals surface area contributed by atoms with Crippen LogP contribution in [0.25, 0.3) is 10.9 Å². The average molecular weight is 459 g/mol. The standard InChI is InChI=1S/C29H38N4O/c34-29-28-25-12-5-6-13-26(25)33(27(28)14-9-16-30-29)18-8-2-7-17-31-20-22-32(23-21-31)19-15-24-10-3-1-4-11-24/h1,3-6,10-13H,2,7-9,14-23H2,(H,30,34). The van der Waals surface area contributed by atoms with Gasteiger partial charge in [0.1, 0.15) is 0 Å². The summed E-state index contributed by atoms with van der Waals surface area (Å²) in [6.07, 6.45) is 6.82. The van der Waals surface area contributed by atoms with E-state index < -0.39 is 0 Å². The Morgan fingerprint density at radius 2 is 1.47 bits per heavy atom. The number of nitrogens with one attached hydrogen (secondary N) is 1. The molecule has 3 aromatic rings. The predicted molar refractivity (Wildman–Crippen MR) is 139 cm³/mol. The molecule has 0 bridgehead atoms. The Labute approximate surface area is 203 Å². The van der Waals surface area contributed by atoms with E-state index in [-0.39, 0.29) is 5.91 Å². The minimum atomic E-state index is 0.102. The van der Waals surface area contributed by atoms with Crippen molar-refractivity contribution in [3.8, 4) is 0 Å². The van der Waals surface area contributed by atoms with Crippen LogP contribution in [0.2, 0.25) is 0 Å². The third-order valence-corrected chi connectivity index (χ3v) is 7.56. The second-order valence-electron chi connectivity index (χ2n) is 9.83. The first-order valence-corrected chi connectivity index (χ1v) is 13.2. The molecule has 0 saturated carbocycles. The molecule has 0 aliphatic carbocycles. The summed E-state index contributed by atoms with van der Waals surface area (Å²) in [4.78, 5) is 17.9. The molecule has 2 aromatic carbocycles. The van der Waals surface area contributed by atoms with Gasteiger partial charge < -0.3 is 19.7 Å². The van der Waals surface area contributed by atoms with Crippen LogP contribution < -0.4 is 5.32 Å². The van der Waals surface area contributed by atoms with Crippen molar-refractivity contribution in [1.82, 2.24) is 19.7 Å². The maximum Gasteiger partial charge on any atom is 0.253 e. The van der Waals surface area contributed by atoms with E-state index in [1.165, 1.54) is 75.3 Å². The lowest BCUT2D eigenvalue weighted by atomic mass is 10.1. The summed E-state index contributed by atoms with van der Waals surface area (Å²) >= 11 is 0. The second-order valence-corrected chi connectivity index (χ2v) is 9.83. The average Bonchev–Trinajstić information content (AvgIpc) is 3.06. The largest absolute Gasteiger partial charge is 0.352 e. The summed E-state index contributed by atoms with van der Waals surface area (Å²) in [5.41, 5.74) is 4.81. The first-order valence-electron chi connectivity index (χ1n) is 13.2. The molecule has 1 N–H and O–H groups in total. The normalized spacial score (nSPS) is 17.5. The maximum absolute atomic E-state index is 12.7. The quantitative estimate of drug-likeness (QED) is 0.485. The minimum absolute atomic E-state index is 0.102. The van der Waals surface area contributed by atoms with Gasteiger partial charge in [0.2, 0.25) is 0 Å². The van der Waals surface area contributed by atoms with E-state index in [1.807, 2.05) is 6.07 Å². The lowest BCUT2D eigenvalue weighted by molar-refractivity contribution is 0.0957. The molecule has 34 heavy (non-hydrogen) atoms. The topological polar surface area (TPSA) is 40.5 Å². The first-order chi connectivity index (χ1) is 16.8. The highest BCUT2D eigenvalue weighted by atomic mass is 16.1. The van der Waals surface area contributed by atoms with Crippen molar-refractivity contribution in [2.45, 2.75) is 45.1 Å². The van der Waals surface area contributed by atoms with Crippen LogP contribution >= 0.6 is 0 Å². The molecule has 1 amide bonds. The zero-order valence-electron chi connectivity index (χ0n) is 20.3. The second kappa shape index (κ2) is 11.2. The van der Waals surface area contributed by atoms with Gasteiger partial charge in [-0.25, -0.2) is 0 Å². The summed E-state index contributed by atoms with van der Waals surface area (Å²) in [7, 11) is 0. The zero-order valence-corrected chi connectivity index (χ0v) is 20.3. The molecular formula is C29H38N4O. The number of rotatable bonds is 9. The Balaban J connectivity index is 1.06. The molecule has 5 heteroatoms. The number of carbonyl (C=O) groups is 1. The summed E-state index contributed by atoms with van der Waals surface area (Å²) < 4.78 is 2.43. The Morgan fingerprint density at radius 1 is 0.765 bits per heavy atom. The van der Waals surface area contributed by atoms with Crippen LogP contribution in [0.5, 0.6) is 0 Å². The fourth-order valence-electron chi connectivity index (χ4n) is 5.62. The molecule has 1 aromatic heterocycles. The molecule has 0 radical (unpaired) electrons. The Morgan fingerprint density at radius 3 is 2.29 bits per heavy atom. The van der Waals surface area contributed by atoms with Gasteiger partial charge in [0.05, 0.1) is 5.56 Å². The number of carbonyl (C=O) groups excluding carboxylic acids is 1. The van der Waals surface area contributed by atoms with Crippen molar-refractivity contribution in [1.29, 1.82) is 0 Å². The van der Waals surface area contributed by atoms with Gasteiger partial charge in [-0.15, -0.1) is 0 Å².